The number of carbonyl (C=O) groups is 1. The van der Waals surface area contributed by atoms with Crippen molar-refractivity contribution in [2.45, 2.75) is 55.3 Å². The van der Waals surface area contributed by atoms with Gasteiger partial charge in [-0.1, -0.05) is 25.4 Å². The van der Waals surface area contributed by atoms with E-state index in [-0.39, 0.29) is 38.9 Å². The second-order valence-electron chi connectivity index (χ2n) is 9.49. The van der Waals surface area contributed by atoms with E-state index in [9.17, 15) is 31.5 Å². The molecule has 2 aliphatic carbocycles. The molecule has 5 nitrogen and oxygen atoms in total. The van der Waals surface area contributed by atoms with Gasteiger partial charge in [0.05, 0.1) is 20.8 Å². The van der Waals surface area contributed by atoms with Crippen LogP contribution in [0.25, 0.3) is 0 Å². The molecule has 2 aromatic rings. The van der Waals surface area contributed by atoms with Crippen molar-refractivity contribution in [2.75, 3.05) is 5.32 Å². The van der Waals surface area contributed by atoms with Gasteiger partial charge >= 0.3 is 0 Å². The standard InChI is InChI=1S/C24H25ClF3NO4S/c1-3-24(31)10-14-6-12(2)16(11-24)22(14)34(32,33)20-7-13(4-5-17(20)25)23(30)29-15-8-18(26)21(28)19(27)9-15/h4-5,7-9,12,14,16,22,31H,3,6,10-11H2,1-2H3,(H,29,30)/t12-,14-,16?,22?,24?/m0/s1. The summed E-state index contributed by atoms with van der Waals surface area (Å²) in [5.41, 5.74) is -1.30. The van der Waals surface area contributed by atoms with E-state index in [1.54, 1.807) is 0 Å². The molecule has 34 heavy (non-hydrogen) atoms. The highest BCUT2D eigenvalue weighted by Crippen LogP contribution is 2.54. The number of hydrogen-bond donors (Lipinski definition) is 2. The molecule has 2 aromatic carbocycles. The van der Waals surface area contributed by atoms with Crippen molar-refractivity contribution >= 4 is 33.0 Å². The van der Waals surface area contributed by atoms with Crippen LogP contribution in [0.5, 0.6) is 0 Å². The highest BCUT2D eigenvalue weighted by Gasteiger charge is 2.56. The van der Waals surface area contributed by atoms with E-state index in [0.717, 1.165) is 6.07 Å². The van der Waals surface area contributed by atoms with Gasteiger partial charge in [-0.3, -0.25) is 4.79 Å². The molecular formula is C24H25ClF3NO4S. The van der Waals surface area contributed by atoms with Gasteiger partial charge in [-0.25, -0.2) is 21.6 Å². The number of hydrogen-bond acceptors (Lipinski definition) is 4. The highest BCUT2D eigenvalue weighted by atomic mass is 35.5. The number of aliphatic hydroxyl groups is 1. The summed E-state index contributed by atoms with van der Waals surface area (Å²) in [5.74, 6) is -5.80. The molecule has 2 N–H and O–H groups in total. The first kappa shape index (κ1) is 25.0. The van der Waals surface area contributed by atoms with Crippen molar-refractivity contribution in [3.63, 3.8) is 0 Å². The summed E-state index contributed by atoms with van der Waals surface area (Å²) in [4.78, 5) is 12.5. The minimum Gasteiger partial charge on any atom is -0.390 e. The van der Waals surface area contributed by atoms with Crippen molar-refractivity contribution in [1.82, 2.24) is 0 Å². The van der Waals surface area contributed by atoms with Crippen LogP contribution in [0, 0.1) is 35.2 Å². The average Bonchev–Trinajstić information content (AvgIpc) is 2.99. The van der Waals surface area contributed by atoms with E-state index in [0.29, 0.717) is 37.8 Å². The van der Waals surface area contributed by atoms with E-state index < -0.39 is 44.0 Å². The number of benzene rings is 2. The minimum atomic E-state index is -3.96. The Hall–Kier alpha value is -2.10. The van der Waals surface area contributed by atoms with Crippen molar-refractivity contribution < 1.29 is 31.5 Å². The molecular weight excluding hydrogens is 491 g/mol. The number of sulfone groups is 1. The van der Waals surface area contributed by atoms with Crippen molar-refractivity contribution in [2.24, 2.45) is 17.8 Å². The molecule has 2 saturated carbocycles. The van der Waals surface area contributed by atoms with E-state index in [4.69, 9.17) is 11.6 Å². The van der Waals surface area contributed by atoms with Crippen LogP contribution in [0.2, 0.25) is 5.02 Å². The van der Waals surface area contributed by atoms with Gasteiger partial charge in [0.25, 0.3) is 5.91 Å². The SMILES string of the molecule is CCC1(O)CC2C(S(=O)(=O)c3cc(C(=O)Nc4cc(F)c(F)c(F)c4)ccc3Cl)[C@@H](C[C@@H]2C)C1. The summed E-state index contributed by atoms with van der Waals surface area (Å²) in [6.07, 6.45) is 1.98. The maximum Gasteiger partial charge on any atom is 0.255 e. The molecule has 0 saturated heterocycles. The number of amides is 1. The van der Waals surface area contributed by atoms with Crippen LogP contribution < -0.4 is 5.32 Å². The summed E-state index contributed by atoms with van der Waals surface area (Å²) < 4.78 is 67.6. The highest BCUT2D eigenvalue weighted by molar-refractivity contribution is 7.92. The first-order valence-corrected chi connectivity index (χ1v) is 13.0. The smallest absolute Gasteiger partial charge is 0.255 e. The van der Waals surface area contributed by atoms with Crippen LogP contribution in [0.3, 0.4) is 0 Å². The van der Waals surface area contributed by atoms with E-state index in [1.807, 2.05) is 13.8 Å². The largest absolute Gasteiger partial charge is 0.390 e. The molecule has 0 aliphatic heterocycles. The zero-order valence-corrected chi connectivity index (χ0v) is 20.2. The normalized spacial score (nSPS) is 28.7. The fourth-order valence-electron chi connectivity index (χ4n) is 5.60. The van der Waals surface area contributed by atoms with E-state index in [2.05, 4.69) is 5.32 Å². The third kappa shape index (κ3) is 4.33. The Bertz CT molecular complexity index is 1230. The lowest BCUT2D eigenvalue weighted by Gasteiger charge is -2.41. The first-order chi connectivity index (χ1) is 15.9. The summed E-state index contributed by atoms with van der Waals surface area (Å²) in [5, 5.41) is 12.3. The molecule has 2 aliphatic rings. The molecule has 0 heterocycles. The third-order valence-corrected chi connectivity index (χ3v) is 10.2. The maximum atomic E-state index is 13.7. The second kappa shape index (κ2) is 8.84. The van der Waals surface area contributed by atoms with Gasteiger partial charge in [0.1, 0.15) is 0 Å². The molecule has 2 fully saturated rings. The number of halogens is 4. The Morgan fingerprint density at radius 3 is 2.41 bits per heavy atom. The van der Waals surface area contributed by atoms with E-state index in [1.165, 1.54) is 12.1 Å². The average molecular weight is 516 g/mol. The lowest BCUT2D eigenvalue weighted by Crippen LogP contribution is -2.46. The maximum absolute atomic E-state index is 13.7. The Labute approximate surface area is 201 Å². The van der Waals surface area contributed by atoms with Gasteiger partial charge < -0.3 is 10.4 Å². The first-order valence-electron chi connectivity index (χ1n) is 11.1. The van der Waals surface area contributed by atoms with Crippen LogP contribution in [0.4, 0.5) is 18.9 Å². The number of carbonyl (C=O) groups excluding carboxylic acids is 1. The third-order valence-electron chi connectivity index (χ3n) is 7.31. The molecule has 4 rings (SSSR count). The topological polar surface area (TPSA) is 83.5 Å². The zero-order valence-electron chi connectivity index (χ0n) is 18.6. The molecule has 1 amide bonds. The minimum absolute atomic E-state index is 0.0428. The quantitative estimate of drug-likeness (QED) is 0.525. The number of anilines is 1. The number of nitrogens with one attached hydrogen (secondary N) is 1. The van der Waals surface area contributed by atoms with Crippen LogP contribution in [0.15, 0.2) is 35.2 Å². The van der Waals surface area contributed by atoms with Crippen molar-refractivity contribution in [1.29, 1.82) is 0 Å². The summed E-state index contributed by atoms with van der Waals surface area (Å²) in [6.45, 7) is 3.87. The van der Waals surface area contributed by atoms with Crippen LogP contribution in [-0.2, 0) is 9.84 Å². The molecule has 3 unspecified atom stereocenters. The molecule has 10 heteroatoms. The van der Waals surface area contributed by atoms with Crippen molar-refractivity contribution in [3.05, 3.63) is 58.4 Å². The predicted octanol–water partition coefficient (Wildman–Crippen LogP) is 5.36. The molecule has 184 valence electrons. The Balaban J connectivity index is 1.65. The van der Waals surface area contributed by atoms with Crippen LogP contribution in [-0.4, -0.2) is 30.3 Å². The van der Waals surface area contributed by atoms with Gasteiger partial charge in [0.2, 0.25) is 0 Å². The zero-order chi connectivity index (χ0) is 25.0. The number of rotatable bonds is 5. The van der Waals surface area contributed by atoms with E-state index >= 15 is 0 Å². The lowest BCUT2D eigenvalue weighted by molar-refractivity contribution is -0.0242. The molecule has 0 aromatic heterocycles. The second-order valence-corrected chi connectivity index (χ2v) is 12.0. The lowest BCUT2D eigenvalue weighted by atomic mass is 9.75. The Kier molecular flexibility index (Phi) is 6.50. The molecule has 2 bridgehead atoms. The van der Waals surface area contributed by atoms with Gasteiger partial charge in [0, 0.05) is 23.4 Å². The van der Waals surface area contributed by atoms with Gasteiger partial charge in [-0.2, -0.15) is 0 Å². The van der Waals surface area contributed by atoms with Gasteiger partial charge in [-0.05, 0) is 61.6 Å². The molecule has 0 spiro atoms. The summed E-state index contributed by atoms with van der Waals surface area (Å²) >= 11 is 6.26. The monoisotopic (exact) mass is 515 g/mol. The van der Waals surface area contributed by atoms with Gasteiger partial charge in [-0.15, -0.1) is 0 Å². The Morgan fingerprint density at radius 1 is 1.18 bits per heavy atom. The van der Waals surface area contributed by atoms with Crippen LogP contribution in [0.1, 0.15) is 49.9 Å². The molecule has 0 radical (unpaired) electrons. The van der Waals surface area contributed by atoms with Crippen LogP contribution >= 0.6 is 11.6 Å². The Morgan fingerprint density at radius 2 is 1.82 bits per heavy atom. The van der Waals surface area contributed by atoms with Gasteiger partial charge in [0.15, 0.2) is 27.3 Å². The van der Waals surface area contributed by atoms with Crippen molar-refractivity contribution in [3.8, 4) is 0 Å². The predicted molar refractivity (Wildman–Crippen MR) is 122 cm³/mol. The summed E-state index contributed by atoms with van der Waals surface area (Å²) in [6, 6.07) is 4.97. The number of fused-ring (bicyclic) bond motifs is 2. The fourth-order valence-corrected chi connectivity index (χ4v) is 8.50. The summed E-state index contributed by atoms with van der Waals surface area (Å²) in [7, 11) is -3.96. The fraction of sp³-hybridized carbons (Fsp3) is 0.458. The molecule has 5 atom stereocenters.